The Balaban J connectivity index is 1.89. The minimum Gasteiger partial charge on any atom is -0.336 e. The summed E-state index contributed by atoms with van der Waals surface area (Å²) in [5.74, 6) is 0.0841. The molecule has 2 heterocycles. The van der Waals surface area contributed by atoms with E-state index in [2.05, 4.69) is 6.92 Å². The molecule has 2 aliphatic heterocycles. The van der Waals surface area contributed by atoms with Crippen molar-refractivity contribution in [1.29, 1.82) is 0 Å². The molecule has 1 saturated heterocycles. The van der Waals surface area contributed by atoms with E-state index in [0.29, 0.717) is 18.2 Å². The van der Waals surface area contributed by atoms with Gasteiger partial charge in [0.15, 0.2) is 0 Å². The Labute approximate surface area is 144 Å². The Morgan fingerprint density at radius 3 is 2.71 bits per heavy atom. The maximum atomic E-state index is 12.9. The van der Waals surface area contributed by atoms with Gasteiger partial charge in [-0.3, -0.25) is 9.10 Å². The summed E-state index contributed by atoms with van der Waals surface area (Å²) in [7, 11) is -3.27. The molecule has 0 radical (unpaired) electrons. The van der Waals surface area contributed by atoms with Crippen LogP contribution >= 0.6 is 0 Å². The highest BCUT2D eigenvalue weighted by Gasteiger charge is 2.28. The maximum absolute atomic E-state index is 12.9. The predicted octanol–water partition coefficient (Wildman–Crippen LogP) is 2.80. The number of likely N-dealkylation sites (tertiary alicyclic amines) is 1. The summed E-state index contributed by atoms with van der Waals surface area (Å²) in [6, 6.07) is 5.81. The van der Waals surface area contributed by atoms with Crippen LogP contribution in [0.15, 0.2) is 18.2 Å². The van der Waals surface area contributed by atoms with Crippen LogP contribution in [0.3, 0.4) is 0 Å². The Bertz CT molecular complexity index is 730. The summed E-state index contributed by atoms with van der Waals surface area (Å²) in [5.41, 5.74) is 2.37. The van der Waals surface area contributed by atoms with E-state index < -0.39 is 10.0 Å². The summed E-state index contributed by atoms with van der Waals surface area (Å²) >= 11 is 0. The van der Waals surface area contributed by atoms with E-state index in [1.807, 2.05) is 11.0 Å². The molecule has 1 amide bonds. The molecule has 0 aromatic heterocycles. The number of rotatable bonds is 3. The molecular formula is C18H26N2O3S. The molecule has 5 nitrogen and oxygen atoms in total. The standard InChI is InChI=1S/C18H26N2O3S/c1-3-16-8-4-5-11-19(16)18(21)15-9-10-17-14(13-15)7-6-12-20(17)24(2,22)23/h9-10,13,16H,3-8,11-12H2,1-2H3/t16-/m1/s1. The molecule has 0 spiro atoms. The zero-order chi connectivity index (χ0) is 17.3. The molecule has 1 atom stereocenters. The van der Waals surface area contributed by atoms with Crippen molar-refractivity contribution in [3.63, 3.8) is 0 Å². The van der Waals surface area contributed by atoms with E-state index in [-0.39, 0.29) is 5.91 Å². The highest BCUT2D eigenvalue weighted by molar-refractivity contribution is 7.92. The number of benzene rings is 1. The van der Waals surface area contributed by atoms with Crippen LogP contribution in [0.2, 0.25) is 0 Å². The predicted molar refractivity (Wildman–Crippen MR) is 95.9 cm³/mol. The third kappa shape index (κ3) is 3.29. The molecule has 132 valence electrons. The summed E-state index contributed by atoms with van der Waals surface area (Å²) in [6.07, 6.45) is 7.16. The molecule has 1 fully saturated rings. The number of amides is 1. The number of carbonyl (C=O) groups excluding carboxylic acids is 1. The lowest BCUT2D eigenvalue weighted by molar-refractivity contribution is 0.0608. The largest absolute Gasteiger partial charge is 0.336 e. The number of carbonyl (C=O) groups is 1. The summed E-state index contributed by atoms with van der Waals surface area (Å²) < 4.78 is 25.3. The van der Waals surface area contributed by atoms with E-state index in [0.717, 1.165) is 49.9 Å². The molecule has 0 unspecified atom stereocenters. The summed E-state index contributed by atoms with van der Waals surface area (Å²) in [4.78, 5) is 14.9. The third-order valence-electron chi connectivity index (χ3n) is 5.16. The quantitative estimate of drug-likeness (QED) is 0.842. The Morgan fingerprint density at radius 1 is 1.21 bits per heavy atom. The second-order valence-corrected chi connectivity index (χ2v) is 8.75. The normalized spacial score (nSPS) is 21.5. The Hall–Kier alpha value is -1.56. The minimum atomic E-state index is -3.27. The van der Waals surface area contributed by atoms with Gasteiger partial charge in [-0.15, -0.1) is 0 Å². The zero-order valence-electron chi connectivity index (χ0n) is 14.5. The van der Waals surface area contributed by atoms with Crippen molar-refractivity contribution in [2.45, 2.75) is 51.5 Å². The molecule has 0 aliphatic carbocycles. The van der Waals surface area contributed by atoms with Crippen molar-refractivity contribution < 1.29 is 13.2 Å². The van der Waals surface area contributed by atoms with Crippen LogP contribution in [0.4, 0.5) is 5.69 Å². The van der Waals surface area contributed by atoms with Gasteiger partial charge in [0.25, 0.3) is 5.91 Å². The number of hydrogen-bond acceptors (Lipinski definition) is 3. The summed E-state index contributed by atoms with van der Waals surface area (Å²) in [6.45, 7) is 3.47. The van der Waals surface area contributed by atoms with E-state index in [9.17, 15) is 13.2 Å². The average molecular weight is 350 g/mol. The average Bonchev–Trinajstić information content (AvgIpc) is 2.59. The Morgan fingerprint density at radius 2 is 2.00 bits per heavy atom. The first-order valence-corrected chi connectivity index (χ1v) is 10.7. The lowest BCUT2D eigenvalue weighted by Crippen LogP contribution is -2.43. The van der Waals surface area contributed by atoms with Gasteiger partial charge in [0.1, 0.15) is 0 Å². The Kier molecular flexibility index (Phi) is 4.85. The van der Waals surface area contributed by atoms with Crippen molar-refractivity contribution in [3.05, 3.63) is 29.3 Å². The molecule has 0 bridgehead atoms. The number of piperidine rings is 1. The van der Waals surface area contributed by atoms with Gasteiger partial charge in [-0.05, 0) is 62.3 Å². The molecule has 3 rings (SSSR count). The first-order valence-electron chi connectivity index (χ1n) is 8.83. The second kappa shape index (κ2) is 6.75. The molecule has 24 heavy (non-hydrogen) atoms. The molecule has 1 aromatic carbocycles. The van der Waals surface area contributed by atoms with Gasteiger partial charge in [0.05, 0.1) is 11.9 Å². The number of nitrogens with zero attached hydrogens (tertiary/aromatic N) is 2. The van der Waals surface area contributed by atoms with E-state index in [4.69, 9.17) is 0 Å². The molecule has 6 heteroatoms. The van der Waals surface area contributed by atoms with Crippen LogP contribution in [0, 0.1) is 0 Å². The van der Waals surface area contributed by atoms with Crippen LogP contribution in [-0.4, -0.2) is 44.6 Å². The van der Waals surface area contributed by atoms with Gasteiger partial charge in [-0.25, -0.2) is 8.42 Å². The first-order chi connectivity index (χ1) is 11.4. The van der Waals surface area contributed by atoms with Crippen LogP contribution in [-0.2, 0) is 16.4 Å². The van der Waals surface area contributed by atoms with Crippen molar-refractivity contribution in [2.75, 3.05) is 23.7 Å². The fraction of sp³-hybridized carbons (Fsp3) is 0.611. The molecule has 1 aromatic rings. The first kappa shape index (κ1) is 17.3. The maximum Gasteiger partial charge on any atom is 0.254 e. The van der Waals surface area contributed by atoms with Crippen LogP contribution in [0.1, 0.15) is 54.9 Å². The van der Waals surface area contributed by atoms with Gasteiger partial charge in [-0.1, -0.05) is 6.92 Å². The lowest BCUT2D eigenvalue weighted by atomic mass is 9.97. The highest BCUT2D eigenvalue weighted by Crippen LogP contribution is 2.31. The molecule has 2 aliphatic rings. The van der Waals surface area contributed by atoms with Crippen LogP contribution < -0.4 is 4.31 Å². The SMILES string of the molecule is CC[C@@H]1CCCCN1C(=O)c1ccc2c(c1)CCCN2S(C)(=O)=O. The van der Waals surface area contributed by atoms with Crippen molar-refractivity contribution in [1.82, 2.24) is 4.90 Å². The zero-order valence-corrected chi connectivity index (χ0v) is 15.3. The fourth-order valence-corrected chi connectivity index (χ4v) is 4.89. The number of aryl methyl sites for hydroxylation is 1. The monoisotopic (exact) mass is 350 g/mol. The smallest absolute Gasteiger partial charge is 0.254 e. The van der Waals surface area contributed by atoms with E-state index in [1.165, 1.54) is 17.0 Å². The van der Waals surface area contributed by atoms with E-state index in [1.54, 1.807) is 12.1 Å². The number of hydrogen-bond donors (Lipinski definition) is 0. The van der Waals surface area contributed by atoms with Crippen LogP contribution in [0.5, 0.6) is 0 Å². The van der Waals surface area contributed by atoms with Crippen molar-refractivity contribution >= 4 is 21.6 Å². The van der Waals surface area contributed by atoms with Crippen molar-refractivity contribution in [3.8, 4) is 0 Å². The van der Waals surface area contributed by atoms with Gasteiger partial charge in [0.2, 0.25) is 10.0 Å². The highest BCUT2D eigenvalue weighted by atomic mass is 32.2. The topological polar surface area (TPSA) is 57.7 Å². The van der Waals surface area contributed by atoms with Crippen molar-refractivity contribution in [2.24, 2.45) is 0 Å². The van der Waals surface area contributed by atoms with E-state index >= 15 is 0 Å². The molecule has 0 N–H and O–H groups in total. The third-order valence-corrected chi connectivity index (χ3v) is 6.34. The van der Waals surface area contributed by atoms with Gasteiger partial charge in [0, 0.05) is 24.7 Å². The lowest BCUT2D eigenvalue weighted by Gasteiger charge is -2.36. The van der Waals surface area contributed by atoms with Gasteiger partial charge in [-0.2, -0.15) is 0 Å². The van der Waals surface area contributed by atoms with Crippen LogP contribution in [0.25, 0.3) is 0 Å². The molecule has 0 saturated carbocycles. The fourth-order valence-electron chi connectivity index (χ4n) is 3.90. The second-order valence-electron chi connectivity index (χ2n) is 6.84. The number of anilines is 1. The van der Waals surface area contributed by atoms with Gasteiger partial charge >= 0.3 is 0 Å². The van der Waals surface area contributed by atoms with Gasteiger partial charge < -0.3 is 4.90 Å². The summed E-state index contributed by atoms with van der Waals surface area (Å²) in [5, 5.41) is 0. The number of fused-ring (bicyclic) bond motifs is 1. The number of sulfonamides is 1. The minimum absolute atomic E-state index is 0.0841. The molecular weight excluding hydrogens is 324 g/mol.